The first kappa shape index (κ1) is 32.3. The normalized spacial score (nSPS) is 16.2. The van der Waals surface area contributed by atoms with Crippen molar-refractivity contribution >= 4 is 41.2 Å². The van der Waals surface area contributed by atoms with Crippen LogP contribution in [0.4, 0.5) is 5.69 Å². The molecule has 3 atom stereocenters. The third-order valence-electron chi connectivity index (χ3n) is 5.71. The van der Waals surface area contributed by atoms with Gasteiger partial charge in [0, 0.05) is 42.2 Å². The Bertz CT molecular complexity index is 1020. The summed E-state index contributed by atoms with van der Waals surface area (Å²) in [5.74, 6) is -3.12. The van der Waals surface area contributed by atoms with Gasteiger partial charge in [-0.25, -0.2) is 0 Å². The van der Waals surface area contributed by atoms with E-state index in [1.165, 1.54) is 13.8 Å². The third kappa shape index (κ3) is 9.95. The second kappa shape index (κ2) is 15.5. The first-order valence-corrected chi connectivity index (χ1v) is 12.9. The third-order valence-corrected chi connectivity index (χ3v) is 5.71. The van der Waals surface area contributed by atoms with Gasteiger partial charge in [0.05, 0.1) is 0 Å². The molecule has 0 saturated carbocycles. The highest BCUT2D eigenvalue weighted by molar-refractivity contribution is 6.03. The molecule has 0 radical (unpaired) electrons. The van der Waals surface area contributed by atoms with Gasteiger partial charge in [0.1, 0.15) is 18.7 Å². The number of carbonyl (C=O) groups excluding carboxylic acids is 6. The smallest absolute Gasteiger partial charge is 0.302 e. The van der Waals surface area contributed by atoms with Gasteiger partial charge in [-0.1, -0.05) is 46.8 Å². The van der Waals surface area contributed by atoms with E-state index >= 15 is 0 Å². The Morgan fingerprint density at radius 1 is 1.03 bits per heavy atom. The largest absolute Gasteiger partial charge is 0.461 e. The Balaban J connectivity index is -0.00000282. The predicted molar refractivity (Wildman–Crippen MR) is 148 cm³/mol. The number of hydrogen-bond acceptors (Lipinski definition) is 7. The van der Waals surface area contributed by atoms with Gasteiger partial charge >= 0.3 is 5.97 Å². The molecule has 38 heavy (non-hydrogen) atoms. The fraction of sp³-hybridized carbons (Fsp3) is 0.556. The summed E-state index contributed by atoms with van der Waals surface area (Å²) in [7, 11) is 0. The highest BCUT2D eigenvalue weighted by atomic mass is 16.5. The van der Waals surface area contributed by atoms with Crippen LogP contribution in [-0.2, 0) is 40.1 Å². The molecular weight excluding hydrogens is 492 g/mol. The molecule has 11 heteroatoms. The Kier molecular flexibility index (Phi) is 13.1. The Morgan fingerprint density at radius 3 is 2.13 bits per heavy atom. The van der Waals surface area contributed by atoms with Crippen molar-refractivity contribution in [1.82, 2.24) is 15.5 Å². The Labute approximate surface area is 228 Å². The lowest BCUT2D eigenvalue weighted by Crippen LogP contribution is -2.54. The molecule has 1 saturated heterocycles. The van der Waals surface area contributed by atoms with E-state index in [9.17, 15) is 28.8 Å². The van der Waals surface area contributed by atoms with Crippen LogP contribution in [0, 0.1) is 11.8 Å². The zero-order valence-corrected chi connectivity index (χ0v) is 23.3. The summed E-state index contributed by atoms with van der Waals surface area (Å²) in [5.41, 5.74) is 1.26. The van der Waals surface area contributed by atoms with Crippen molar-refractivity contribution < 1.29 is 37.8 Å². The molecule has 0 aromatic heterocycles. The summed E-state index contributed by atoms with van der Waals surface area (Å²) in [4.78, 5) is 73.7. The van der Waals surface area contributed by atoms with Gasteiger partial charge in [0.25, 0.3) is 0 Å². The zero-order chi connectivity index (χ0) is 29.0. The zero-order valence-electron chi connectivity index (χ0n) is 23.3. The van der Waals surface area contributed by atoms with Crippen molar-refractivity contribution in [2.24, 2.45) is 11.8 Å². The van der Waals surface area contributed by atoms with Crippen molar-refractivity contribution in [3.8, 4) is 0 Å². The second-order valence-electron chi connectivity index (χ2n) is 9.22. The first-order valence-electron chi connectivity index (χ1n) is 12.9. The molecule has 2 rings (SSSR count). The summed E-state index contributed by atoms with van der Waals surface area (Å²) < 4.78 is 4.92. The fourth-order valence-corrected chi connectivity index (χ4v) is 3.57. The molecule has 1 fully saturated rings. The van der Waals surface area contributed by atoms with Crippen LogP contribution >= 0.6 is 0 Å². The minimum atomic E-state index is -0.905. The summed E-state index contributed by atoms with van der Waals surface area (Å²) in [6.07, 6.45) is 0.0139. The number of benzene rings is 1. The van der Waals surface area contributed by atoms with E-state index in [2.05, 4.69) is 16.0 Å². The van der Waals surface area contributed by atoms with Gasteiger partial charge in [-0.3, -0.25) is 33.7 Å². The maximum absolute atomic E-state index is 12.8. The van der Waals surface area contributed by atoms with E-state index in [4.69, 9.17) is 4.74 Å². The summed E-state index contributed by atoms with van der Waals surface area (Å²) in [6.45, 7) is 12.1. The lowest BCUT2D eigenvalue weighted by atomic mass is 10.0. The monoisotopic (exact) mass is 538 g/mol. The highest BCUT2D eigenvalue weighted by Crippen LogP contribution is 2.18. The van der Waals surface area contributed by atoms with Crippen LogP contribution < -0.4 is 16.0 Å². The quantitative estimate of drug-likeness (QED) is 0.289. The summed E-state index contributed by atoms with van der Waals surface area (Å²) in [5, 5.41) is 7.93. The molecule has 5 amide bonds. The van der Waals surface area contributed by atoms with Crippen LogP contribution in [0.15, 0.2) is 24.3 Å². The topological polar surface area (TPSA) is 151 Å². The number of ether oxygens (including phenoxy) is 1. The molecule has 216 valence electrons. The van der Waals surface area contributed by atoms with Crippen LogP contribution in [0.1, 0.15) is 71.2 Å². The molecule has 1 heterocycles. The van der Waals surface area contributed by atoms with E-state index in [0.717, 1.165) is 10.5 Å². The molecule has 3 N–H and O–H groups in total. The lowest BCUT2D eigenvalue weighted by Gasteiger charge is -2.24. The summed E-state index contributed by atoms with van der Waals surface area (Å²) >= 11 is 0. The van der Waals surface area contributed by atoms with E-state index in [1.807, 2.05) is 13.8 Å². The molecule has 0 bridgehead atoms. The molecule has 0 aliphatic carbocycles. The molecule has 0 spiro atoms. The Hall–Kier alpha value is -3.76. The number of imide groups is 1. The van der Waals surface area contributed by atoms with E-state index in [1.54, 1.807) is 45.0 Å². The number of hydrogen-bond donors (Lipinski definition) is 3. The number of anilines is 1. The van der Waals surface area contributed by atoms with Crippen molar-refractivity contribution in [2.75, 3.05) is 11.9 Å². The number of carbonyl (C=O) groups is 6. The van der Waals surface area contributed by atoms with E-state index in [-0.39, 0.29) is 59.9 Å². The maximum atomic E-state index is 12.8. The molecular formula is C27H46N4O7. The number of nitrogens with zero attached hydrogens (tertiary/aromatic N) is 1. The van der Waals surface area contributed by atoms with Crippen LogP contribution in [0.25, 0.3) is 0 Å². The minimum absolute atomic E-state index is 0. The van der Waals surface area contributed by atoms with Gasteiger partial charge in [-0.05, 0) is 30.5 Å². The highest BCUT2D eigenvalue weighted by Gasteiger charge is 2.35. The van der Waals surface area contributed by atoms with Crippen molar-refractivity contribution in [2.45, 2.75) is 80.0 Å². The number of nitrogens with one attached hydrogen (secondary N) is 3. The number of rotatable bonds is 11. The van der Waals surface area contributed by atoms with Gasteiger partial charge in [-0.15, -0.1) is 0 Å². The Morgan fingerprint density at radius 2 is 1.63 bits per heavy atom. The van der Waals surface area contributed by atoms with E-state index in [0.29, 0.717) is 5.69 Å². The van der Waals surface area contributed by atoms with Gasteiger partial charge in [0.2, 0.25) is 29.5 Å². The van der Waals surface area contributed by atoms with Gasteiger partial charge in [-0.2, -0.15) is 0 Å². The van der Waals surface area contributed by atoms with Crippen LogP contribution in [-0.4, -0.2) is 59.0 Å². The molecule has 11 nitrogen and oxygen atoms in total. The van der Waals surface area contributed by atoms with Crippen LogP contribution in [0.5, 0.6) is 0 Å². The second-order valence-corrected chi connectivity index (χ2v) is 9.22. The maximum Gasteiger partial charge on any atom is 0.302 e. The SMILES string of the molecule is CC.CC(=O)OCc1ccc(NC(=O)C(C)NC(=O)C(NC(=O)CCN2C(=O)CC(C)C2=O)C(C)C)cc1.[HH].[HH].[HH]. The molecule has 1 aromatic rings. The number of amides is 5. The van der Waals surface area contributed by atoms with Gasteiger partial charge < -0.3 is 20.7 Å². The van der Waals surface area contributed by atoms with Crippen LogP contribution in [0.2, 0.25) is 0 Å². The average Bonchev–Trinajstić information content (AvgIpc) is 3.11. The van der Waals surface area contributed by atoms with Crippen LogP contribution in [0.3, 0.4) is 0 Å². The summed E-state index contributed by atoms with van der Waals surface area (Å²) in [6, 6.07) is 4.92. The van der Waals surface area contributed by atoms with E-state index < -0.39 is 29.8 Å². The van der Waals surface area contributed by atoms with Crippen molar-refractivity contribution in [1.29, 1.82) is 0 Å². The molecule has 1 aliphatic heterocycles. The number of likely N-dealkylation sites (tertiary alicyclic amines) is 1. The number of esters is 1. The molecule has 3 unspecified atom stereocenters. The minimum Gasteiger partial charge on any atom is -0.461 e. The fourth-order valence-electron chi connectivity index (χ4n) is 3.57. The first-order chi connectivity index (χ1) is 17.9. The standard InChI is InChI=1S/C25H34N4O7.C2H6.3H2/c1-14(2)22(28-20(31)10-11-29-21(32)12-15(3)25(29)35)24(34)26-16(4)23(33)27-19-8-6-18(7-9-19)13-36-17(5)30;1-2;;;/h6-9,14-16,22H,10-13H2,1-5H3,(H,26,34)(H,27,33)(H,28,31);1-2H3;3*1H. The van der Waals surface area contributed by atoms with Crippen molar-refractivity contribution in [3.63, 3.8) is 0 Å². The molecule has 1 aromatic carbocycles. The lowest BCUT2D eigenvalue weighted by molar-refractivity contribution is -0.142. The predicted octanol–water partition coefficient (Wildman–Crippen LogP) is 2.88. The average molecular weight is 539 g/mol. The van der Waals surface area contributed by atoms with Gasteiger partial charge in [0.15, 0.2) is 0 Å². The molecule has 1 aliphatic rings. The van der Waals surface area contributed by atoms with Crippen molar-refractivity contribution in [3.05, 3.63) is 29.8 Å².